The lowest BCUT2D eigenvalue weighted by molar-refractivity contribution is 0.481. The second-order valence-electron chi connectivity index (χ2n) is 3.77. The van der Waals surface area contributed by atoms with Crippen molar-refractivity contribution >= 4 is 21.7 Å². The third-order valence-corrected chi connectivity index (χ3v) is 3.51. The van der Waals surface area contributed by atoms with Gasteiger partial charge in [-0.15, -0.1) is 0 Å². The summed E-state index contributed by atoms with van der Waals surface area (Å²) in [5, 5.41) is 0.340. The summed E-state index contributed by atoms with van der Waals surface area (Å²) in [4.78, 5) is -0.104. The molecular weight excluding hydrogens is 236 g/mol. The van der Waals surface area contributed by atoms with Gasteiger partial charge in [0.1, 0.15) is 0 Å². The Hall–Kier alpha value is -0.580. The highest BCUT2D eigenvalue weighted by Gasteiger charge is 2.19. The molecule has 0 amide bonds. The number of benzene rings is 1. The van der Waals surface area contributed by atoms with Gasteiger partial charge < -0.3 is 0 Å². The van der Waals surface area contributed by atoms with E-state index in [1.807, 2.05) is 13.8 Å². The lowest BCUT2D eigenvalue weighted by Gasteiger charge is -2.12. The molecule has 0 heterocycles. The van der Waals surface area contributed by atoms with Crippen LogP contribution in [0.2, 0.25) is 5.02 Å². The molecule has 0 bridgehead atoms. The second kappa shape index (κ2) is 4.12. The summed E-state index contributed by atoms with van der Waals surface area (Å²) in [6, 6.07) is 2.98. The summed E-state index contributed by atoms with van der Waals surface area (Å²) in [6.07, 6.45) is 0. The van der Waals surface area contributed by atoms with Gasteiger partial charge in [-0.25, -0.2) is 0 Å². The number of hydrogen-bond acceptors (Lipinski definition) is 2. The maximum absolute atomic E-state index is 11.1. The minimum atomic E-state index is -4.20. The van der Waals surface area contributed by atoms with E-state index in [0.29, 0.717) is 10.6 Å². The largest absolute Gasteiger partial charge is 0.294 e. The van der Waals surface area contributed by atoms with E-state index >= 15 is 0 Å². The molecule has 0 aliphatic rings. The van der Waals surface area contributed by atoms with Crippen LogP contribution in [0.15, 0.2) is 17.0 Å². The first-order chi connectivity index (χ1) is 6.73. The standard InChI is InChI=1S/C10H13ClO3S/c1-6(2)8-4-7(3)9(11)5-10(8)15(12,13)14/h4-6H,1-3H3,(H,12,13,14). The van der Waals surface area contributed by atoms with Crippen molar-refractivity contribution in [2.24, 2.45) is 0 Å². The fraction of sp³-hybridized carbons (Fsp3) is 0.400. The van der Waals surface area contributed by atoms with Gasteiger partial charge in [0.05, 0.1) is 4.90 Å². The molecule has 0 radical (unpaired) electrons. The van der Waals surface area contributed by atoms with Crippen molar-refractivity contribution in [2.75, 3.05) is 0 Å². The van der Waals surface area contributed by atoms with Crippen LogP contribution in [-0.4, -0.2) is 13.0 Å². The molecule has 0 fully saturated rings. The molecule has 0 unspecified atom stereocenters. The zero-order valence-electron chi connectivity index (χ0n) is 8.78. The summed E-state index contributed by atoms with van der Waals surface area (Å²) in [7, 11) is -4.20. The van der Waals surface area contributed by atoms with Crippen LogP contribution in [0.25, 0.3) is 0 Å². The van der Waals surface area contributed by atoms with E-state index in [4.69, 9.17) is 16.2 Å². The molecule has 84 valence electrons. The molecule has 1 aromatic carbocycles. The fourth-order valence-corrected chi connectivity index (χ4v) is 2.45. The third kappa shape index (κ3) is 2.71. The van der Waals surface area contributed by atoms with Crippen LogP contribution < -0.4 is 0 Å². The van der Waals surface area contributed by atoms with Gasteiger partial charge in [0, 0.05) is 5.02 Å². The van der Waals surface area contributed by atoms with Crippen LogP contribution in [0.3, 0.4) is 0 Å². The first-order valence-electron chi connectivity index (χ1n) is 4.51. The number of hydrogen-bond donors (Lipinski definition) is 1. The summed E-state index contributed by atoms with van der Waals surface area (Å²) in [5.41, 5.74) is 1.38. The molecule has 0 aromatic heterocycles. The average Bonchev–Trinajstić information content (AvgIpc) is 2.06. The molecule has 0 saturated heterocycles. The van der Waals surface area contributed by atoms with Gasteiger partial charge in [0.15, 0.2) is 0 Å². The monoisotopic (exact) mass is 248 g/mol. The number of aryl methyl sites for hydroxylation is 1. The molecule has 1 rings (SSSR count). The van der Waals surface area contributed by atoms with Crippen molar-refractivity contribution in [3.05, 3.63) is 28.3 Å². The van der Waals surface area contributed by atoms with Crippen molar-refractivity contribution in [3.63, 3.8) is 0 Å². The summed E-state index contributed by atoms with van der Waals surface area (Å²) in [5.74, 6) is 0.0119. The highest BCUT2D eigenvalue weighted by atomic mass is 35.5. The lowest BCUT2D eigenvalue weighted by atomic mass is 10.0. The van der Waals surface area contributed by atoms with Gasteiger partial charge in [0.25, 0.3) is 10.1 Å². The van der Waals surface area contributed by atoms with Gasteiger partial charge in [-0.1, -0.05) is 31.5 Å². The van der Waals surface area contributed by atoms with Crippen LogP contribution in [0, 0.1) is 6.92 Å². The Bertz CT molecular complexity index is 478. The highest BCUT2D eigenvalue weighted by molar-refractivity contribution is 7.85. The Morgan fingerprint density at radius 3 is 2.27 bits per heavy atom. The van der Waals surface area contributed by atoms with Crippen LogP contribution in [0.1, 0.15) is 30.9 Å². The smallest absolute Gasteiger partial charge is 0.282 e. The molecule has 1 N–H and O–H groups in total. The van der Waals surface area contributed by atoms with E-state index in [1.54, 1.807) is 13.0 Å². The van der Waals surface area contributed by atoms with E-state index in [2.05, 4.69) is 0 Å². The molecule has 0 aliphatic heterocycles. The predicted octanol–water partition coefficient (Wildman–Crippen LogP) is 3.02. The summed E-state index contributed by atoms with van der Waals surface area (Å²) in [6.45, 7) is 5.51. The third-order valence-electron chi connectivity index (χ3n) is 2.19. The van der Waals surface area contributed by atoms with Crippen molar-refractivity contribution in [1.29, 1.82) is 0 Å². The van der Waals surface area contributed by atoms with E-state index < -0.39 is 10.1 Å². The fourth-order valence-electron chi connectivity index (χ4n) is 1.36. The van der Waals surface area contributed by atoms with Gasteiger partial charge in [-0.2, -0.15) is 8.42 Å². The maximum Gasteiger partial charge on any atom is 0.294 e. The zero-order chi connectivity index (χ0) is 11.8. The van der Waals surface area contributed by atoms with Crippen molar-refractivity contribution in [3.8, 4) is 0 Å². The molecule has 0 spiro atoms. The molecule has 15 heavy (non-hydrogen) atoms. The van der Waals surface area contributed by atoms with Crippen molar-refractivity contribution in [1.82, 2.24) is 0 Å². The SMILES string of the molecule is Cc1cc(C(C)C)c(S(=O)(=O)O)cc1Cl. The van der Waals surface area contributed by atoms with E-state index in [0.717, 1.165) is 5.56 Å². The number of halogens is 1. The Labute approximate surface area is 94.8 Å². The number of rotatable bonds is 2. The Balaban J connectivity index is 3.56. The zero-order valence-corrected chi connectivity index (χ0v) is 10.4. The minimum absolute atomic E-state index is 0.0119. The molecule has 0 aliphatic carbocycles. The molecule has 5 heteroatoms. The molecule has 0 saturated carbocycles. The van der Waals surface area contributed by atoms with Crippen LogP contribution in [-0.2, 0) is 10.1 Å². The average molecular weight is 249 g/mol. The van der Waals surface area contributed by atoms with Crippen LogP contribution in [0.5, 0.6) is 0 Å². The van der Waals surface area contributed by atoms with E-state index in [-0.39, 0.29) is 10.8 Å². The molecule has 0 atom stereocenters. The molecule has 1 aromatic rings. The summed E-state index contributed by atoms with van der Waals surface area (Å²) >= 11 is 5.82. The lowest BCUT2D eigenvalue weighted by Crippen LogP contribution is -2.05. The minimum Gasteiger partial charge on any atom is -0.282 e. The molecular formula is C10H13ClO3S. The van der Waals surface area contributed by atoms with Gasteiger partial charge in [-0.05, 0) is 30.0 Å². The maximum atomic E-state index is 11.1. The Kier molecular flexibility index (Phi) is 3.43. The highest BCUT2D eigenvalue weighted by Crippen LogP contribution is 2.29. The van der Waals surface area contributed by atoms with Gasteiger partial charge in [-0.3, -0.25) is 4.55 Å². The van der Waals surface area contributed by atoms with Crippen LogP contribution >= 0.6 is 11.6 Å². The topological polar surface area (TPSA) is 54.4 Å². The van der Waals surface area contributed by atoms with Crippen molar-refractivity contribution in [2.45, 2.75) is 31.6 Å². The normalized spacial score (nSPS) is 12.1. The van der Waals surface area contributed by atoms with Gasteiger partial charge in [0.2, 0.25) is 0 Å². The van der Waals surface area contributed by atoms with Crippen molar-refractivity contribution < 1.29 is 13.0 Å². The van der Waals surface area contributed by atoms with E-state index in [1.165, 1.54) is 6.07 Å². The van der Waals surface area contributed by atoms with Gasteiger partial charge >= 0.3 is 0 Å². The first kappa shape index (κ1) is 12.5. The Morgan fingerprint density at radius 1 is 1.33 bits per heavy atom. The summed E-state index contributed by atoms with van der Waals surface area (Å²) < 4.78 is 31.3. The second-order valence-corrected chi connectivity index (χ2v) is 5.57. The first-order valence-corrected chi connectivity index (χ1v) is 6.33. The quantitative estimate of drug-likeness (QED) is 0.819. The van der Waals surface area contributed by atoms with Crippen LogP contribution in [0.4, 0.5) is 0 Å². The predicted molar refractivity (Wildman–Crippen MR) is 60.1 cm³/mol. The Morgan fingerprint density at radius 2 is 1.87 bits per heavy atom. The molecule has 3 nitrogen and oxygen atoms in total. The van der Waals surface area contributed by atoms with E-state index in [9.17, 15) is 8.42 Å².